The SMILES string of the molecule is CC1=CC(c2cc(/C=C/C(=O)c3ccc(O)cc3O)c(O)cc2O)C(C(=O)c2ccc(O)cc2O)C(c2ccc(O)cc2O)C1. The molecule has 45 heavy (non-hydrogen) atoms. The third kappa shape index (κ3) is 6.12. The minimum atomic E-state index is -1.04. The van der Waals surface area contributed by atoms with Gasteiger partial charge >= 0.3 is 0 Å². The second kappa shape index (κ2) is 12.0. The van der Waals surface area contributed by atoms with E-state index >= 15 is 0 Å². The molecule has 3 unspecified atom stereocenters. The zero-order valence-corrected chi connectivity index (χ0v) is 23.9. The summed E-state index contributed by atoms with van der Waals surface area (Å²) in [6.45, 7) is 1.82. The number of phenols is 8. The first-order valence-corrected chi connectivity index (χ1v) is 13.9. The highest BCUT2D eigenvalue weighted by atomic mass is 16.3. The quantitative estimate of drug-likeness (QED) is 0.0704. The fourth-order valence-corrected chi connectivity index (χ4v) is 5.88. The van der Waals surface area contributed by atoms with E-state index in [9.17, 15) is 50.4 Å². The topological polar surface area (TPSA) is 196 Å². The summed E-state index contributed by atoms with van der Waals surface area (Å²) in [5.74, 6) is -6.36. The molecule has 0 saturated carbocycles. The number of aromatic hydroxyl groups is 8. The molecule has 0 bridgehead atoms. The van der Waals surface area contributed by atoms with E-state index in [1.807, 2.05) is 6.92 Å². The van der Waals surface area contributed by atoms with Crippen LogP contribution in [0.3, 0.4) is 0 Å². The van der Waals surface area contributed by atoms with E-state index in [4.69, 9.17) is 0 Å². The summed E-state index contributed by atoms with van der Waals surface area (Å²) in [4.78, 5) is 27.0. The zero-order chi connectivity index (χ0) is 32.6. The minimum Gasteiger partial charge on any atom is -0.508 e. The van der Waals surface area contributed by atoms with Crippen LogP contribution in [0.4, 0.5) is 0 Å². The predicted molar refractivity (Wildman–Crippen MR) is 164 cm³/mol. The Morgan fingerprint density at radius 2 is 1.20 bits per heavy atom. The molecule has 5 rings (SSSR count). The summed E-state index contributed by atoms with van der Waals surface area (Å²) < 4.78 is 0. The van der Waals surface area contributed by atoms with Crippen molar-refractivity contribution in [2.24, 2.45) is 5.92 Å². The van der Waals surface area contributed by atoms with Crippen molar-refractivity contribution < 1.29 is 50.4 Å². The van der Waals surface area contributed by atoms with Crippen molar-refractivity contribution >= 4 is 17.6 Å². The van der Waals surface area contributed by atoms with Gasteiger partial charge in [0.1, 0.15) is 46.0 Å². The van der Waals surface area contributed by atoms with E-state index in [1.165, 1.54) is 48.5 Å². The molecule has 4 aromatic carbocycles. The van der Waals surface area contributed by atoms with Gasteiger partial charge in [0.05, 0.1) is 11.1 Å². The van der Waals surface area contributed by atoms with Gasteiger partial charge in [-0.3, -0.25) is 9.59 Å². The standard InChI is InChI=1S/C35H30O10/c1-17-10-26(22-6-3-19(36)13-30(22)41)34(35(45)24-8-5-21(38)15-32(24)43)27(11-17)25-12-18(29(40)16-33(25)44)2-9-28(39)23-7-4-20(37)14-31(23)42/h2-9,11-16,26-27,34,36-38,40-44H,10H2,1H3/b9-2+. The first-order valence-electron chi connectivity index (χ1n) is 13.9. The predicted octanol–water partition coefficient (Wildman–Crippen LogP) is 5.94. The Morgan fingerprint density at radius 1 is 0.644 bits per heavy atom. The Bertz CT molecular complexity index is 1890. The van der Waals surface area contributed by atoms with Gasteiger partial charge < -0.3 is 40.9 Å². The van der Waals surface area contributed by atoms with E-state index in [2.05, 4.69) is 0 Å². The van der Waals surface area contributed by atoms with Gasteiger partial charge in [0.2, 0.25) is 0 Å². The molecule has 0 aliphatic heterocycles. The third-order valence-electron chi connectivity index (χ3n) is 7.99. The van der Waals surface area contributed by atoms with Crippen LogP contribution in [0.5, 0.6) is 46.0 Å². The van der Waals surface area contributed by atoms with Crippen molar-refractivity contribution in [2.75, 3.05) is 0 Å². The molecule has 1 aliphatic carbocycles. The molecule has 0 saturated heterocycles. The largest absolute Gasteiger partial charge is 0.508 e. The first kappa shape index (κ1) is 30.6. The molecule has 8 N–H and O–H groups in total. The molecule has 230 valence electrons. The van der Waals surface area contributed by atoms with Crippen LogP contribution in [0, 0.1) is 5.92 Å². The Balaban J connectivity index is 1.63. The van der Waals surface area contributed by atoms with Gasteiger partial charge in [0.15, 0.2) is 11.6 Å². The van der Waals surface area contributed by atoms with Gasteiger partial charge in [0, 0.05) is 53.1 Å². The van der Waals surface area contributed by atoms with Gasteiger partial charge in [-0.1, -0.05) is 17.7 Å². The average Bonchev–Trinajstić information content (AvgIpc) is 2.96. The average molecular weight is 611 g/mol. The lowest BCUT2D eigenvalue weighted by Crippen LogP contribution is -2.31. The molecule has 0 fully saturated rings. The second-order valence-electron chi connectivity index (χ2n) is 11.1. The highest BCUT2D eigenvalue weighted by molar-refractivity contribution is 6.08. The van der Waals surface area contributed by atoms with Crippen LogP contribution in [0.25, 0.3) is 6.08 Å². The van der Waals surface area contributed by atoms with Crippen molar-refractivity contribution in [1.29, 1.82) is 0 Å². The summed E-state index contributed by atoms with van der Waals surface area (Å²) in [7, 11) is 0. The number of rotatable bonds is 7. The molecule has 10 heteroatoms. The lowest BCUT2D eigenvalue weighted by molar-refractivity contribution is 0.0876. The summed E-state index contributed by atoms with van der Waals surface area (Å²) in [5, 5.41) is 82.4. The zero-order valence-electron chi connectivity index (χ0n) is 23.9. The molecule has 10 nitrogen and oxygen atoms in total. The van der Waals surface area contributed by atoms with Crippen LogP contribution in [0.2, 0.25) is 0 Å². The van der Waals surface area contributed by atoms with Crippen LogP contribution in [-0.2, 0) is 0 Å². The van der Waals surface area contributed by atoms with E-state index in [1.54, 1.807) is 6.08 Å². The lowest BCUT2D eigenvalue weighted by atomic mass is 9.65. The van der Waals surface area contributed by atoms with E-state index in [-0.39, 0.29) is 56.8 Å². The van der Waals surface area contributed by atoms with E-state index in [0.29, 0.717) is 12.0 Å². The third-order valence-corrected chi connectivity index (χ3v) is 7.99. The normalized spacial score (nSPS) is 18.1. The molecule has 1 aliphatic rings. The highest BCUT2D eigenvalue weighted by Gasteiger charge is 2.42. The summed E-state index contributed by atoms with van der Waals surface area (Å²) in [5.41, 5.74) is 1.26. The molecule has 0 aromatic heterocycles. The molecule has 0 heterocycles. The summed E-state index contributed by atoms with van der Waals surface area (Å²) in [6.07, 6.45) is 4.45. The smallest absolute Gasteiger partial charge is 0.189 e. The number of carbonyl (C=O) groups excluding carboxylic acids is 2. The fourth-order valence-electron chi connectivity index (χ4n) is 5.88. The van der Waals surface area contributed by atoms with Gasteiger partial charge in [-0.15, -0.1) is 0 Å². The fraction of sp³-hybridized carbons (Fsp3) is 0.143. The van der Waals surface area contributed by atoms with Crippen molar-refractivity contribution in [1.82, 2.24) is 0 Å². The van der Waals surface area contributed by atoms with Crippen molar-refractivity contribution in [3.63, 3.8) is 0 Å². The van der Waals surface area contributed by atoms with Crippen molar-refractivity contribution in [2.45, 2.75) is 25.2 Å². The van der Waals surface area contributed by atoms with E-state index in [0.717, 1.165) is 35.9 Å². The molecule has 0 spiro atoms. The number of phenolic OH excluding ortho intramolecular Hbond substituents is 8. The maximum atomic E-state index is 14.2. The highest BCUT2D eigenvalue weighted by Crippen LogP contribution is 2.51. The maximum Gasteiger partial charge on any atom is 0.189 e. The number of carbonyl (C=O) groups is 2. The second-order valence-corrected chi connectivity index (χ2v) is 11.1. The number of hydrogen-bond donors (Lipinski definition) is 8. The number of ketones is 2. The van der Waals surface area contributed by atoms with Crippen LogP contribution >= 0.6 is 0 Å². The molecule has 4 aromatic rings. The molecular weight excluding hydrogens is 580 g/mol. The Kier molecular flexibility index (Phi) is 8.15. The monoisotopic (exact) mass is 610 g/mol. The first-order chi connectivity index (χ1) is 21.3. The number of hydrogen-bond acceptors (Lipinski definition) is 10. The molecule has 0 radical (unpaired) electrons. The molecule has 0 amide bonds. The van der Waals surface area contributed by atoms with Crippen LogP contribution < -0.4 is 0 Å². The summed E-state index contributed by atoms with van der Waals surface area (Å²) >= 11 is 0. The molecular formula is C35H30O10. The Hall–Kier alpha value is -5.90. The van der Waals surface area contributed by atoms with Gasteiger partial charge in [-0.25, -0.2) is 0 Å². The van der Waals surface area contributed by atoms with E-state index < -0.39 is 40.8 Å². The van der Waals surface area contributed by atoms with Crippen LogP contribution in [0.15, 0.2) is 84.5 Å². The number of Topliss-reactive ketones (excluding diaryl/α,β-unsaturated/α-hetero) is 1. The van der Waals surface area contributed by atoms with Crippen LogP contribution in [0.1, 0.15) is 62.6 Å². The Morgan fingerprint density at radius 3 is 1.80 bits per heavy atom. The van der Waals surface area contributed by atoms with Crippen molar-refractivity contribution in [3.05, 3.63) is 112 Å². The minimum absolute atomic E-state index is 0.0932. The van der Waals surface area contributed by atoms with Gasteiger partial charge in [-0.05, 0) is 67.5 Å². The van der Waals surface area contributed by atoms with Crippen molar-refractivity contribution in [3.8, 4) is 46.0 Å². The lowest BCUT2D eigenvalue weighted by Gasteiger charge is -2.37. The maximum absolute atomic E-state index is 14.2. The molecule has 3 atom stereocenters. The number of benzene rings is 4. The van der Waals surface area contributed by atoms with Crippen LogP contribution in [-0.4, -0.2) is 52.4 Å². The van der Waals surface area contributed by atoms with Gasteiger partial charge in [-0.2, -0.15) is 0 Å². The summed E-state index contributed by atoms with van der Waals surface area (Å²) in [6, 6.07) is 13.6. The van der Waals surface area contributed by atoms with Gasteiger partial charge in [0.25, 0.3) is 0 Å². The number of allylic oxidation sites excluding steroid dienone is 3. The Labute approximate surface area is 257 Å².